The van der Waals surface area contributed by atoms with Crippen LogP contribution in [0.15, 0.2) is 23.1 Å². The SMILES string of the molecule is COc1cccc(C(=O)O)c1S. The summed E-state index contributed by atoms with van der Waals surface area (Å²) in [6.45, 7) is 0. The molecular formula is C8H8O3S. The predicted molar refractivity (Wildman–Crippen MR) is 47.2 cm³/mol. The Kier molecular flexibility index (Phi) is 2.60. The lowest BCUT2D eigenvalue weighted by Gasteiger charge is -2.04. The molecule has 1 N–H and O–H groups in total. The number of hydrogen-bond acceptors (Lipinski definition) is 3. The molecule has 4 heteroatoms. The van der Waals surface area contributed by atoms with Crippen molar-refractivity contribution in [2.75, 3.05) is 7.11 Å². The predicted octanol–water partition coefficient (Wildman–Crippen LogP) is 1.68. The van der Waals surface area contributed by atoms with Crippen LogP contribution >= 0.6 is 12.6 Å². The molecule has 12 heavy (non-hydrogen) atoms. The van der Waals surface area contributed by atoms with Gasteiger partial charge in [0.2, 0.25) is 0 Å². The maximum Gasteiger partial charge on any atom is 0.336 e. The van der Waals surface area contributed by atoms with Crippen LogP contribution in [-0.4, -0.2) is 18.2 Å². The van der Waals surface area contributed by atoms with Crippen molar-refractivity contribution in [3.63, 3.8) is 0 Å². The molecule has 0 aliphatic rings. The van der Waals surface area contributed by atoms with Crippen molar-refractivity contribution >= 4 is 18.6 Å². The molecule has 0 saturated carbocycles. The fraction of sp³-hybridized carbons (Fsp3) is 0.125. The highest BCUT2D eigenvalue weighted by Gasteiger charge is 2.10. The summed E-state index contributed by atoms with van der Waals surface area (Å²) in [6, 6.07) is 4.75. The van der Waals surface area contributed by atoms with Crippen molar-refractivity contribution in [1.29, 1.82) is 0 Å². The lowest BCUT2D eigenvalue weighted by Crippen LogP contribution is -1.98. The Morgan fingerprint density at radius 3 is 2.75 bits per heavy atom. The van der Waals surface area contributed by atoms with Crippen LogP contribution in [0.4, 0.5) is 0 Å². The van der Waals surface area contributed by atoms with Gasteiger partial charge in [0.25, 0.3) is 0 Å². The Labute approximate surface area is 75.4 Å². The van der Waals surface area contributed by atoms with Crippen LogP contribution in [-0.2, 0) is 0 Å². The smallest absolute Gasteiger partial charge is 0.336 e. The van der Waals surface area contributed by atoms with Crippen molar-refractivity contribution in [3.8, 4) is 5.75 Å². The van der Waals surface area contributed by atoms with E-state index < -0.39 is 5.97 Å². The van der Waals surface area contributed by atoms with E-state index in [9.17, 15) is 4.79 Å². The number of methoxy groups -OCH3 is 1. The van der Waals surface area contributed by atoms with Crippen LogP contribution in [0, 0.1) is 0 Å². The Morgan fingerprint density at radius 2 is 2.25 bits per heavy atom. The van der Waals surface area contributed by atoms with Gasteiger partial charge in [-0.1, -0.05) is 6.07 Å². The van der Waals surface area contributed by atoms with E-state index in [1.54, 1.807) is 12.1 Å². The van der Waals surface area contributed by atoms with Gasteiger partial charge in [-0.2, -0.15) is 0 Å². The number of benzene rings is 1. The van der Waals surface area contributed by atoms with E-state index >= 15 is 0 Å². The van der Waals surface area contributed by atoms with E-state index in [2.05, 4.69) is 12.6 Å². The van der Waals surface area contributed by atoms with Crippen LogP contribution in [0.3, 0.4) is 0 Å². The number of carboxylic acids is 1. The minimum Gasteiger partial charge on any atom is -0.496 e. The highest BCUT2D eigenvalue weighted by atomic mass is 32.1. The molecule has 0 heterocycles. The van der Waals surface area contributed by atoms with Gasteiger partial charge >= 0.3 is 5.97 Å². The molecule has 1 rings (SSSR count). The molecular weight excluding hydrogens is 176 g/mol. The van der Waals surface area contributed by atoms with E-state index in [1.807, 2.05) is 0 Å². The highest BCUT2D eigenvalue weighted by molar-refractivity contribution is 7.80. The monoisotopic (exact) mass is 184 g/mol. The topological polar surface area (TPSA) is 46.5 Å². The Bertz CT molecular complexity index is 309. The first-order chi connectivity index (χ1) is 5.66. The zero-order chi connectivity index (χ0) is 9.14. The van der Waals surface area contributed by atoms with Gasteiger partial charge in [0.05, 0.1) is 17.6 Å². The molecule has 0 unspecified atom stereocenters. The molecule has 0 bridgehead atoms. The highest BCUT2D eigenvalue weighted by Crippen LogP contribution is 2.25. The van der Waals surface area contributed by atoms with Crippen molar-refractivity contribution in [3.05, 3.63) is 23.8 Å². The third-order valence-corrected chi connectivity index (χ3v) is 1.91. The number of thiol groups is 1. The third-order valence-electron chi connectivity index (χ3n) is 1.45. The number of ether oxygens (including phenoxy) is 1. The van der Waals surface area contributed by atoms with Crippen molar-refractivity contribution in [1.82, 2.24) is 0 Å². The van der Waals surface area contributed by atoms with E-state index in [0.29, 0.717) is 10.6 Å². The number of hydrogen-bond donors (Lipinski definition) is 2. The summed E-state index contributed by atoms with van der Waals surface area (Å²) in [5, 5.41) is 8.68. The van der Waals surface area contributed by atoms with Gasteiger partial charge in [-0.25, -0.2) is 4.79 Å². The first kappa shape index (κ1) is 8.93. The molecule has 64 valence electrons. The molecule has 3 nitrogen and oxygen atoms in total. The molecule has 0 aliphatic heterocycles. The second-order valence-corrected chi connectivity index (χ2v) is 2.61. The lowest BCUT2D eigenvalue weighted by molar-refractivity contribution is 0.0692. The number of carbonyl (C=O) groups is 1. The second kappa shape index (κ2) is 3.49. The molecule has 1 aromatic rings. The summed E-state index contributed by atoms with van der Waals surface area (Å²) in [5.41, 5.74) is 0.151. The van der Waals surface area contributed by atoms with Gasteiger partial charge in [-0.3, -0.25) is 0 Å². The first-order valence-corrected chi connectivity index (χ1v) is 3.70. The third kappa shape index (κ3) is 1.53. The summed E-state index contributed by atoms with van der Waals surface area (Å²) in [5.74, 6) is -0.530. The van der Waals surface area contributed by atoms with Gasteiger partial charge in [0.15, 0.2) is 0 Å². The van der Waals surface area contributed by atoms with Gasteiger partial charge in [-0.05, 0) is 12.1 Å². The standard InChI is InChI=1S/C8H8O3S/c1-11-6-4-2-3-5(7(6)12)8(9)10/h2-4,12H,1H3,(H,9,10). The van der Waals surface area contributed by atoms with Crippen molar-refractivity contribution in [2.24, 2.45) is 0 Å². The minimum atomic E-state index is -1.00. The average molecular weight is 184 g/mol. The van der Waals surface area contributed by atoms with E-state index in [0.717, 1.165) is 0 Å². The van der Waals surface area contributed by atoms with Crippen LogP contribution in [0.5, 0.6) is 5.75 Å². The largest absolute Gasteiger partial charge is 0.496 e. The van der Waals surface area contributed by atoms with Crippen LogP contribution in [0.2, 0.25) is 0 Å². The molecule has 0 amide bonds. The van der Waals surface area contributed by atoms with Crippen LogP contribution in [0.25, 0.3) is 0 Å². The summed E-state index contributed by atoms with van der Waals surface area (Å²) < 4.78 is 4.90. The zero-order valence-corrected chi connectivity index (χ0v) is 7.34. The van der Waals surface area contributed by atoms with E-state index in [4.69, 9.17) is 9.84 Å². The Morgan fingerprint density at radius 1 is 1.58 bits per heavy atom. The number of aromatic carboxylic acids is 1. The average Bonchev–Trinajstić information content (AvgIpc) is 2.04. The molecule has 0 atom stereocenters. The molecule has 0 spiro atoms. The molecule has 0 saturated heterocycles. The quantitative estimate of drug-likeness (QED) is 0.687. The van der Waals surface area contributed by atoms with Crippen molar-refractivity contribution in [2.45, 2.75) is 4.90 Å². The van der Waals surface area contributed by atoms with Gasteiger partial charge < -0.3 is 9.84 Å². The molecule has 1 aromatic carbocycles. The van der Waals surface area contributed by atoms with Gasteiger partial charge in [-0.15, -0.1) is 12.6 Å². The summed E-state index contributed by atoms with van der Waals surface area (Å²) in [4.78, 5) is 10.9. The fourth-order valence-corrected chi connectivity index (χ4v) is 1.20. The second-order valence-electron chi connectivity index (χ2n) is 2.16. The van der Waals surface area contributed by atoms with Gasteiger partial charge in [0.1, 0.15) is 5.75 Å². The first-order valence-electron chi connectivity index (χ1n) is 3.26. The molecule has 0 aromatic heterocycles. The summed E-state index contributed by atoms with van der Waals surface area (Å²) >= 11 is 4.02. The maximum absolute atomic E-state index is 10.6. The Balaban J connectivity index is 3.23. The minimum absolute atomic E-state index is 0.151. The van der Waals surface area contributed by atoms with E-state index in [1.165, 1.54) is 13.2 Å². The van der Waals surface area contributed by atoms with Crippen LogP contribution < -0.4 is 4.74 Å². The zero-order valence-electron chi connectivity index (χ0n) is 6.44. The summed E-state index contributed by atoms with van der Waals surface area (Å²) in [6.07, 6.45) is 0. The fourth-order valence-electron chi connectivity index (χ4n) is 0.860. The molecule has 0 radical (unpaired) electrons. The van der Waals surface area contributed by atoms with E-state index in [-0.39, 0.29) is 5.56 Å². The van der Waals surface area contributed by atoms with Crippen molar-refractivity contribution < 1.29 is 14.6 Å². The number of rotatable bonds is 2. The normalized spacial score (nSPS) is 9.50. The van der Waals surface area contributed by atoms with Gasteiger partial charge in [0, 0.05) is 0 Å². The number of carboxylic acid groups (broad SMARTS) is 1. The summed E-state index contributed by atoms with van der Waals surface area (Å²) in [7, 11) is 1.47. The molecule has 0 aliphatic carbocycles. The lowest BCUT2D eigenvalue weighted by atomic mass is 10.2. The maximum atomic E-state index is 10.6. The molecule has 0 fully saturated rings. The van der Waals surface area contributed by atoms with Crippen LogP contribution in [0.1, 0.15) is 10.4 Å². The Hall–Kier alpha value is -1.16.